The van der Waals surface area contributed by atoms with Crippen molar-refractivity contribution in [3.05, 3.63) is 71.0 Å². The summed E-state index contributed by atoms with van der Waals surface area (Å²) >= 11 is 0. The van der Waals surface area contributed by atoms with Gasteiger partial charge in [0.05, 0.1) is 0 Å². The van der Waals surface area contributed by atoms with Gasteiger partial charge in [0.2, 0.25) is 0 Å². The van der Waals surface area contributed by atoms with Gasteiger partial charge in [0.15, 0.2) is 0 Å². The van der Waals surface area contributed by atoms with Gasteiger partial charge in [0.1, 0.15) is 11.4 Å². The summed E-state index contributed by atoms with van der Waals surface area (Å²) in [7, 11) is 0. The van der Waals surface area contributed by atoms with Crippen LogP contribution in [0, 0.1) is 11.7 Å². The molecule has 2 aromatic carbocycles. The van der Waals surface area contributed by atoms with E-state index in [-0.39, 0.29) is 5.82 Å². The van der Waals surface area contributed by atoms with Gasteiger partial charge in [-0.2, -0.15) is 0 Å². The molecule has 0 saturated heterocycles. The maximum Gasteiger partial charge on any atom is 0.123 e. The number of hydrogen-bond donors (Lipinski definition) is 1. The van der Waals surface area contributed by atoms with E-state index in [0.29, 0.717) is 11.5 Å². The SMILES string of the molecule is CC(C)Cc1cccc(C(C)(O)c2ccc(F)cc2)c1. The first kappa shape index (κ1) is 14.7. The van der Waals surface area contributed by atoms with E-state index in [1.807, 2.05) is 18.2 Å². The third-order valence-corrected chi connectivity index (χ3v) is 3.54. The molecule has 0 saturated carbocycles. The second-order valence-electron chi connectivity index (χ2n) is 5.88. The van der Waals surface area contributed by atoms with Gasteiger partial charge in [-0.3, -0.25) is 0 Å². The van der Waals surface area contributed by atoms with Gasteiger partial charge in [0.25, 0.3) is 0 Å². The largest absolute Gasteiger partial charge is 0.381 e. The predicted octanol–water partition coefficient (Wildman–Crippen LogP) is 4.28. The molecule has 0 fully saturated rings. The van der Waals surface area contributed by atoms with Gasteiger partial charge in [-0.15, -0.1) is 0 Å². The molecule has 0 spiro atoms. The van der Waals surface area contributed by atoms with Crippen molar-refractivity contribution in [1.82, 2.24) is 0 Å². The van der Waals surface area contributed by atoms with E-state index in [9.17, 15) is 9.50 Å². The predicted molar refractivity (Wildman–Crippen MR) is 80.1 cm³/mol. The second kappa shape index (κ2) is 5.76. The summed E-state index contributed by atoms with van der Waals surface area (Å²) in [4.78, 5) is 0. The maximum atomic E-state index is 13.0. The molecule has 20 heavy (non-hydrogen) atoms. The normalized spacial score (nSPS) is 14.3. The third kappa shape index (κ3) is 3.26. The van der Waals surface area contributed by atoms with Crippen LogP contribution >= 0.6 is 0 Å². The van der Waals surface area contributed by atoms with Crippen molar-refractivity contribution in [3.63, 3.8) is 0 Å². The lowest BCUT2D eigenvalue weighted by Gasteiger charge is -2.25. The zero-order chi connectivity index (χ0) is 14.8. The molecule has 2 aromatic rings. The third-order valence-electron chi connectivity index (χ3n) is 3.54. The fraction of sp³-hybridized carbons (Fsp3) is 0.333. The highest BCUT2D eigenvalue weighted by atomic mass is 19.1. The Balaban J connectivity index is 2.35. The van der Waals surface area contributed by atoms with Gasteiger partial charge < -0.3 is 5.11 Å². The summed E-state index contributed by atoms with van der Waals surface area (Å²) in [5, 5.41) is 10.8. The smallest absolute Gasteiger partial charge is 0.123 e. The van der Waals surface area contributed by atoms with E-state index in [1.165, 1.54) is 17.7 Å². The molecule has 0 bridgehead atoms. The van der Waals surface area contributed by atoms with Gasteiger partial charge in [-0.25, -0.2) is 4.39 Å². The summed E-state index contributed by atoms with van der Waals surface area (Å²) < 4.78 is 13.0. The molecular formula is C18H21FO. The van der Waals surface area contributed by atoms with Crippen molar-refractivity contribution in [2.24, 2.45) is 5.92 Å². The molecule has 2 heteroatoms. The molecule has 0 aliphatic heterocycles. The van der Waals surface area contributed by atoms with Crippen LogP contribution in [0.1, 0.15) is 37.5 Å². The lowest BCUT2D eigenvalue weighted by atomic mass is 9.86. The van der Waals surface area contributed by atoms with Crippen molar-refractivity contribution in [3.8, 4) is 0 Å². The van der Waals surface area contributed by atoms with Crippen LogP contribution in [-0.4, -0.2) is 5.11 Å². The molecule has 0 heterocycles. The Morgan fingerprint density at radius 1 is 1.05 bits per heavy atom. The average molecular weight is 272 g/mol. The van der Waals surface area contributed by atoms with Crippen molar-refractivity contribution in [2.45, 2.75) is 32.8 Å². The summed E-state index contributed by atoms with van der Waals surface area (Å²) in [6, 6.07) is 14.0. The Bertz CT molecular complexity index is 570. The first-order valence-corrected chi connectivity index (χ1v) is 6.97. The Hall–Kier alpha value is -1.67. The molecule has 1 atom stereocenters. The first-order chi connectivity index (χ1) is 9.39. The fourth-order valence-corrected chi connectivity index (χ4v) is 2.41. The second-order valence-corrected chi connectivity index (χ2v) is 5.88. The molecule has 2 rings (SSSR count). The zero-order valence-corrected chi connectivity index (χ0v) is 12.2. The molecule has 1 N–H and O–H groups in total. The minimum atomic E-state index is -1.11. The Labute approximate surface area is 120 Å². The fourth-order valence-electron chi connectivity index (χ4n) is 2.41. The van der Waals surface area contributed by atoms with E-state index in [4.69, 9.17) is 0 Å². The number of aliphatic hydroxyl groups is 1. The van der Waals surface area contributed by atoms with Crippen LogP contribution in [-0.2, 0) is 12.0 Å². The van der Waals surface area contributed by atoms with E-state index < -0.39 is 5.60 Å². The molecule has 1 nitrogen and oxygen atoms in total. The lowest BCUT2D eigenvalue weighted by Crippen LogP contribution is -2.23. The zero-order valence-electron chi connectivity index (χ0n) is 12.2. The topological polar surface area (TPSA) is 20.2 Å². The molecule has 0 radical (unpaired) electrons. The molecular weight excluding hydrogens is 251 g/mol. The Morgan fingerprint density at radius 3 is 2.30 bits per heavy atom. The van der Waals surface area contributed by atoms with Crippen LogP contribution in [0.5, 0.6) is 0 Å². The average Bonchev–Trinajstić information content (AvgIpc) is 2.39. The summed E-state index contributed by atoms with van der Waals surface area (Å²) in [6.45, 7) is 6.09. The van der Waals surface area contributed by atoms with Crippen LogP contribution in [0.4, 0.5) is 4.39 Å². The van der Waals surface area contributed by atoms with Crippen molar-refractivity contribution < 1.29 is 9.50 Å². The molecule has 0 aromatic heterocycles. The van der Waals surface area contributed by atoms with Gasteiger partial charge in [-0.05, 0) is 48.1 Å². The van der Waals surface area contributed by atoms with Crippen molar-refractivity contribution >= 4 is 0 Å². The van der Waals surface area contributed by atoms with Gasteiger partial charge in [0, 0.05) is 0 Å². The Kier molecular flexibility index (Phi) is 4.24. The van der Waals surface area contributed by atoms with Crippen LogP contribution in [0.25, 0.3) is 0 Å². The molecule has 0 amide bonds. The van der Waals surface area contributed by atoms with Crippen LogP contribution in [0.2, 0.25) is 0 Å². The minimum Gasteiger partial charge on any atom is -0.381 e. The molecule has 106 valence electrons. The van der Waals surface area contributed by atoms with E-state index in [1.54, 1.807) is 19.1 Å². The Morgan fingerprint density at radius 2 is 1.70 bits per heavy atom. The highest BCUT2D eigenvalue weighted by Crippen LogP contribution is 2.30. The summed E-state index contributed by atoms with van der Waals surface area (Å²) in [6.07, 6.45) is 0.980. The standard InChI is InChI=1S/C18H21FO/c1-13(2)11-14-5-4-6-16(12-14)18(3,20)15-7-9-17(19)10-8-15/h4-10,12-13,20H,11H2,1-3H3. The monoisotopic (exact) mass is 272 g/mol. The van der Waals surface area contributed by atoms with Gasteiger partial charge >= 0.3 is 0 Å². The first-order valence-electron chi connectivity index (χ1n) is 6.97. The molecule has 1 unspecified atom stereocenters. The number of hydrogen-bond acceptors (Lipinski definition) is 1. The van der Waals surface area contributed by atoms with Gasteiger partial charge in [-0.1, -0.05) is 50.2 Å². The maximum absolute atomic E-state index is 13.0. The van der Waals surface area contributed by atoms with Crippen LogP contribution < -0.4 is 0 Å². The van der Waals surface area contributed by atoms with E-state index in [0.717, 1.165) is 12.0 Å². The number of benzene rings is 2. The summed E-state index contributed by atoms with van der Waals surface area (Å²) in [5.74, 6) is 0.277. The lowest BCUT2D eigenvalue weighted by molar-refractivity contribution is 0.102. The quantitative estimate of drug-likeness (QED) is 0.880. The number of halogens is 1. The highest BCUT2D eigenvalue weighted by molar-refractivity contribution is 5.37. The van der Waals surface area contributed by atoms with Crippen molar-refractivity contribution in [2.75, 3.05) is 0 Å². The molecule has 0 aliphatic rings. The highest BCUT2D eigenvalue weighted by Gasteiger charge is 2.25. The van der Waals surface area contributed by atoms with Crippen molar-refractivity contribution in [1.29, 1.82) is 0 Å². The molecule has 0 aliphatic carbocycles. The van der Waals surface area contributed by atoms with E-state index >= 15 is 0 Å². The van der Waals surface area contributed by atoms with Crippen LogP contribution in [0.15, 0.2) is 48.5 Å². The summed E-state index contributed by atoms with van der Waals surface area (Å²) in [5.41, 5.74) is 1.63. The minimum absolute atomic E-state index is 0.293. The van der Waals surface area contributed by atoms with Crippen LogP contribution in [0.3, 0.4) is 0 Å². The number of rotatable bonds is 4. The van der Waals surface area contributed by atoms with E-state index in [2.05, 4.69) is 19.9 Å².